The normalized spacial score (nSPS) is 10.9. The van der Waals surface area contributed by atoms with Gasteiger partial charge in [-0.25, -0.2) is 14.5 Å². The predicted molar refractivity (Wildman–Crippen MR) is 129 cm³/mol. The van der Waals surface area contributed by atoms with Gasteiger partial charge in [-0.2, -0.15) is 5.10 Å². The molecule has 0 aliphatic carbocycles. The number of aryl methyl sites for hydroxylation is 2. The number of esters is 1. The van der Waals surface area contributed by atoms with E-state index in [9.17, 15) is 9.59 Å². The van der Waals surface area contributed by atoms with E-state index < -0.39 is 18.5 Å². The van der Waals surface area contributed by atoms with Crippen LogP contribution in [0.15, 0.2) is 42.5 Å². The SMILES string of the molecule is CCN(c1ccc(NC(=O)COC(=O)c2nc(-n3nc(C)cc3C)ccc2Cl)cc1)C(C)C. The van der Waals surface area contributed by atoms with E-state index in [1.165, 1.54) is 0 Å². The molecule has 0 unspecified atom stereocenters. The van der Waals surface area contributed by atoms with Crippen LogP contribution in [0.1, 0.15) is 42.6 Å². The number of carbonyl (C=O) groups excluding carboxylic acids is 2. The third kappa shape index (κ3) is 5.90. The van der Waals surface area contributed by atoms with Crippen LogP contribution in [-0.4, -0.2) is 45.8 Å². The minimum absolute atomic E-state index is 0.0767. The van der Waals surface area contributed by atoms with E-state index in [0.717, 1.165) is 23.6 Å². The van der Waals surface area contributed by atoms with Crippen molar-refractivity contribution < 1.29 is 14.3 Å². The van der Waals surface area contributed by atoms with Crippen LogP contribution in [0.25, 0.3) is 5.82 Å². The molecular formula is C24H28ClN5O3. The number of halogens is 1. The zero-order valence-electron chi connectivity index (χ0n) is 19.4. The number of nitrogens with one attached hydrogen (secondary N) is 1. The van der Waals surface area contributed by atoms with E-state index in [1.54, 1.807) is 16.8 Å². The number of carbonyl (C=O) groups is 2. The van der Waals surface area contributed by atoms with Gasteiger partial charge in [0, 0.05) is 29.7 Å². The van der Waals surface area contributed by atoms with E-state index in [4.69, 9.17) is 16.3 Å². The largest absolute Gasteiger partial charge is 0.451 e. The Morgan fingerprint density at radius 2 is 1.85 bits per heavy atom. The number of hydrogen-bond acceptors (Lipinski definition) is 6. The van der Waals surface area contributed by atoms with Crippen molar-refractivity contribution in [3.8, 4) is 5.82 Å². The van der Waals surface area contributed by atoms with E-state index >= 15 is 0 Å². The molecule has 0 fully saturated rings. The van der Waals surface area contributed by atoms with Crippen molar-refractivity contribution in [3.05, 3.63) is 64.6 Å². The number of amides is 1. The van der Waals surface area contributed by atoms with Crippen LogP contribution in [0.5, 0.6) is 0 Å². The van der Waals surface area contributed by atoms with Gasteiger partial charge in [-0.1, -0.05) is 11.6 Å². The molecule has 0 spiro atoms. The Morgan fingerprint density at radius 3 is 2.42 bits per heavy atom. The highest BCUT2D eigenvalue weighted by molar-refractivity contribution is 6.33. The highest BCUT2D eigenvalue weighted by Gasteiger charge is 2.18. The third-order valence-corrected chi connectivity index (χ3v) is 5.34. The lowest BCUT2D eigenvalue weighted by Crippen LogP contribution is -2.30. The third-order valence-electron chi connectivity index (χ3n) is 5.03. The molecule has 33 heavy (non-hydrogen) atoms. The van der Waals surface area contributed by atoms with Crippen LogP contribution in [0.2, 0.25) is 5.02 Å². The van der Waals surface area contributed by atoms with Gasteiger partial charge in [-0.15, -0.1) is 0 Å². The molecule has 174 valence electrons. The number of pyridine rings is 1. The lowest BCUT2D eigenvalue weighted by molar-refractivity contribution is -0.119. The van der Waals surface area contributed by atoms with Gasteiger partial charge >= 0.3 is 5.97 Å². The van der Waals surface area contributed by atoms with Crippen molar-refractivity contribution in [2.24, 2.45) is 0 Å². The Kier molecular flexibility index (Phi) is 7.71. The fraction of sp³-hybridized carbons (Fsp3) is 0.333. The Labute approximate surface area is 198 Å². The maximum absolute atomic E-state index is 12.5. The van der Waals surface area contributed by atoms with Crippen LogP contribution in [0.3, 0.4) is 0 Å². The number of rotatable bonds is 8. The summed E-state index contributed by atoms with van der Waals surface area (Å²) >= 11 is 6.15. The highest BCUT2D eigenvalue weighted by Crippen LogP contribution is 2.21. The van der Waals surface area contributed by atoms with Crippen molar-refractivity contribution in [2.75, 3.05) is 23.4 Å². The molecule has 8 nitrogen and oxygen atoms in total. The first-order valence-corrected chi connectivity index (χ1v) is 11.1. The summed E-state index contributed by atoms with van der Waals surface area (Å²) < 4.78 is 6.75. The van der Waals surface area contributed by atoms with Gasteiger partial charge in [0.1, 0.15) is 0 Å². The standard InChI is InChI=1S/C24H28ClN5O3/c1-6-29(15(2)3)19-9-7-18(8-10-19)26-22(31)14-33-24(32)23-20(25)11-12-21(27-23)30-17(5)13-16(4)28-30/h7-13,15H,6,14H2,1-5H3,(H,26,31). The first kappa shape index (κ1) is 24.3. The number of nitrogens with zero attached hydrogens (tertiary/aromatic N) is 4. The van der Waals surface area contributed by atoms with Gasteiger partial charge in [0.25, 0.3) is 5.91 Å². The monoisotopic (exact) mass is 469 g/mol. The summed E-state index contributed by atoms with van der Waals surface area (Å²) in [5.41, 5.74) is 3.29. The zero-order chi connectivity index (χ0) is 24.1. The summed E-state index contributed by atoms with van der Waals surface area (Å²) in [7, 11) is 0. The lowest BCUT2D eigenvalue weighted by atomic mass is 10.2. The Balaban J connectivity index is 1.62. The van der Waals surface area contributed by atoms with Gasteiger partial charge in [0.2, 0.25) is 0 Å². The Bertz CT molecular complexity index is 1140. The van der Waals surface area contributed by atoms with E-state index in [-0.39, 0.29) is 10.7 Å². The van der Waals surface area contributed by atoms with Crippen LogP contribution >= 0.6 is 11.6 Å². The van der Waals surface area contributed by atoms with E-state index in [1.807, 2.05) is 44.2 Å². The van der Waals surface area contributed by atoms with E-state index in [2.05, 4.69) is 41.1 Å². The van der Waals surface area contributed by atoms with Crippen LogP contribution in [-0.2, 0) is 9.53 Å². The first-order valence-electron chi connectivity index (χ1n) is 10.7. The number of benzene rings is 1. The van der Waals surface area contributed by atoms with Gasteiger partial charge in [-0.05, 0) is 77.1 Å². The molecular weight excluding hydrogens is 442 g/mol. The topological polar surface area (TPSA) is 89.4 Å². The van der Waals surface area contributed by atoms with Crippen molar-refractivity contribution in [3.63, 3.8) is 0 Å². The summed E-state index contributed by atoms with van der Waals surface area (Å²) in [5, 5.41) is 7.21. The molecule has 2 heterocycles. The molecule has 1 aromatic carbocycles. The molecule has 0 aliphatic heterocycles. The Hall–Kier alpha value is -3.39. The second kappa shape index (κ2) is 10.5. The van der Waals surface area contributed by atoms with Crippen LogP contribution in [0, 0.1) is 13.8 Å². The van der Waals surface area contributed by atoms with Gasteiger partial charge in [0.15, 0.2) is 18.1 Å². The summed E-state index contributed by atoms with van der Waals surface area (Å²) in [5.74, 6) is -0.813. The molecule has 0 atom stereocenters. The quantitative estimate of drug-likeness (QED) is 0.486. The molecule has 0 bridgehead atoms. The van der Waals surface area contributed by atoms with E-state index in [0.29, 0.717) is 17.5 Å². The summed E-state index contributed by atoms with van der Waals surface area (Å²) in [6, 6.07) is 13.0. The molecule has 2 aromatic heterocycles. The lowest BCUT2D eigenvalue weighted by Gasteiger charge is -2.27. The predicted octanol–water partition coefficient (Wildman–Crippen LogP) is 4.57. The number of ether oxygens (including phenoxy) is 1. The molecule has 0 aliphatic rings. The summed E-state index contributed by atoms with van der Waals surface area (Å²) in [6.07, 6.45) is 0. The van der Waals surface area contributed by atoms with Crippen molar-refractivity contribution in [2.45, 2.75) is 40.7 Å². The van der Waals surface area contributed by atoms with Crippen LogP contribution < -0.4 is 10.2 Å². The molecule has 0 radical (unpaired) electrons. The van der Waals surface area contributed by atoms with Crippen molar-refractivity contribution >= 4 is 34.9 Å². The highest BCUT2D eigenvalue weighted by atomic mass is 35.5. The second-order valence-electron chi connectivity index (χ2n) is 7.89. The van der Waals surface area contributed by atoms with Crippen LogP contribution in [0.4, 0.5) is 11.4 Å². The summed E-state index contributed by atoms with van der Waals surface area (Å²) in [4.78, 5) is 31.3. The Morgan fingerprint density at radius 1 is 1.15 bits per heavy atom. The first-order chi connectivity index (χ1) is 15.7. The van der Waals surface area contributed by atoms with Gasteiger partial charge in [0.05, 0.1) is 10.7 Å². The molecule has 0 saturated heterocycles. The maximum Gasteiger partial charge on any atom is 0.359 e. The van der Waals surface area contributed by atoms with Gasteiger partial charge < -0.3 is 15.0 Å². The zero-order valence-corrected chi connectivity index (χ0v) is 20.2. The molecule has 1 amide bonds. The average Bonchev–Trinajstić information content (AvgIpc) is 3.11. The molecule has 0 saturated carbocycles. The number of aromatic nitrogens is 3. The summed E-state index contributed by atoms with van der Waals surface area (Å²) in [6.45, 7) is 10.5. The molecule has 1 N–H and O–H groups in total. The molecule has 9 heteroatoms. The number of hydrogen-bond donors (Lipinski definition) is 1. The minimum Gasteiger partial charge on any atom is -0.451 e. The average molecular weight is 470 g/mol. The van der Waals surface area contributed by atoms with Gasteiger partial charge in [-0.3, -0.25) is 4.79 Å². The smallest absolute Gasteiger partial charge is 0.359 e. The molecule has 3 aromatic rings. The maximum atomic E-state index is 12.5. The fourth-order valence-corrected chi connectivity index (χ4v) is 3.71. The number of anilines is 2. The van der Waals surface area contributed by atoms with Crippen molar-refractivity contribution in [1.82, 2.24) is 14.8 Å². The van der Waals surface area contributed by atoms with Crippen molar-refractivity contribution in [1.29, 1.82) is 0 Å². The fourth-order valence-electron chi connectivity index (χ4n) is 3.53. The minimum atomic E-state index is -0.788. The molecule has 3 rings (SSSR count). The second-order valence-corrected chi connectivity index (χ2v) is 8.30.